The number of benzene rings is 1. The number of hydrogen-bond acceptors (Lipinski definition) is 4. The minimum absolute atomic E-state index is 0.0858. The lowest BCUT2D eigenvalue weighted by Crippen LogP contribution is -2.33. The van der Waals surface area contributed by atoms with Gasteiger partial charge in [-0.15, -0.1) is 0 Å². The van der Waals surface area contributed by atoms with Crippen molar-refractivity contribution in [2.45, 2.75) is 25.7 Å². The second-order valence-electron chi connectivity index (χ2n) is 7.27. The zero-order valence-electron chi connectivity index (χ0n) is 13.4. The molecule has 2 aliphatic carbocycles. The van der Waals surface area contributed by atoms with E-state index in [-0.39, 0.29) is 29.6 Å². The third-order valence-electron chi connectivity index (χ3n) is 6.09. The van der Waals surface area contributed by atoms with Crippen molar-refractivity contribution in [1.29, 1.82) is 0 Å². The van der Waals surface area contributed by atoms with Gasteiger partial charge >= 0.3 is 0 Å². The summed E-state index contributed by atoms with van der Waals surface area (Å²) in [5.74, 6) is 1.35. The second kappa shape index (κ2) is 4.79. The first-order chi connectivity index (χ1) is 11.6. The van der Waals surface area contributed by atoms with Gasteiger partial charge in [0.2, 0.25) is 11.8 Å². The SMILES string of the molecule is Cc1cc(N2C(=O)[C@@H]3[C@@H]4C[C@@H]([C@H]3C2=O)[C@@H](c2ccccc2)C4)no1. The molecule has 2 heterocycles. The first-order valence-corrected chi connectivity index (χ1v) is 8.51. The summed E-state index contributed by atoms with van der Waals surface area (Å²) < 4.78 is 5.06. The van der Waals surface area contributed by atoms with Crippen LogP contribution in [0.2, 0.25) is 0 Å². The Labute approximate surface area is 139 Å². The summed E-state index contributed by atoms with van der Waals surface area (Å²) >= 11 is 0. The van der Waals surface area contributed by atoms with Crippen molar-refractivity contribution in [3.8, 4) is 0 Å². The van der Waals surface area contributed by atoms with Gasteiger partial charge in [0.1, 0.15) is 5.76 Å². The number of imide groups is 1. The zero-order valence-corrected chi connectivity index (χ0v) is 13.4. The molecular formula is C19H18N2O3. The fourth-order valence-corrected chi connectivity index (χ4v) is 5.23. The van der Waals surface area contributed by atoms with Crippen LogP contribution in [-0.2, 0) is 9.59 Å². The Kier molecular flexibility index (Phi) is 2.78. The maximum Gasteiger partial charge on any atom is 0.239 e. The Hall–Kier alpha value is -2.43. The van der Waals surface area contributed by atoms with Crippen LogP contribution in [0.5, 0.6) is 0 Å². The number of anilines is 1. The summed E-state index contributed by atoms with van der Waals surface area (Å²) in [7, 11) is 0. The number of amides is 2. The van der Waals surface area contributed by atoms with Crippen molar-refractivity contribution in [1.82, 2.24) is 5.16 Å². The molecule has 2 saturated carbocycles. The Balaban J connectivity index is 1.50. The molecule has 1 saturated heterocycles. The third-order valence-corrected chi connectivity index (χ3v) is 6.09. The molecule has 3 aliphatic rings. The molecule has 5 rings (SSSR count). The number of hydrogen-bond donors (Lipinski definition) is 0. The predicted octanol–water partition coefficient (Wildman–Crippen LogP) is 2.91. The lowest BCUT2D eigenvalue weighted by atomic mass is 9.73. The normalized spacial score (nSPS) is 34.2. The van der Waals surface area contributed by atoms with Gasteiger partial charge in [-0.05, 0) is 43.1 Å². The number of aryl methyl sites for hydroxylation is 1. The van der Waals surface area contributed by atoms with Gasteiger partial charge in [-0.1, -0.05) is 35.5 Å². The number of aromatic nitrogens is 1. The van der Waals surface area contributed by atoms with Crippen molar-refractivity contribution in [3.05, 3.63) is 47.7 Å². The van der Waals surface area contributed by atoms with Gasteiger partial charge in [0.05, 0.1) is 11.8 Å². The second-order valence-corrected chi connectivity index (χ2v) is 7.27. The van der Waals surface area contributed by atoms with Gasteiger partial charge < -0.3 is 4.52 Å². The van der Waals surface area contributed by atoms with E-state index in [1.807, 2.05) is 18.2 Å². The summed E-state index contributed by atoms with van der Waals surface area (Å²) in [4.78, 5) is 27.1. The number of fused-ring (bicyclic) bond motifs is 5. The third kappa shape index (κ3) is 1.72. The number of carbonyl (C=O) groups is 2. The highest BCUT2D eigenvalue weighted by Gasteiger charge is 2.64. The van der Waals surface area contributed by atoms with Gasteiger partial charge in [0, 0.05) is 6.07 Å². The first-order valence-electron chi connectivity index (χ1n) is 8.51. The molecule has 24 heavy (non-hydrogen) atoms. The van der Waals surface area contributed by atoms with Gasteiger partial charge in [0.25, 0.3) is 0 Å². The van der Waals surface area contributed by atoms with Crippen LogP contribution in [0.3, 0.4) is 0 Å². The van der Waals surface area contributed by atoms with Crippen LogP contribution < -0.4 is 4.90 Å². The summed E-state index contributed by atoms with van der Waals surface area (Å²) in [5, 5.41) is 3.88. The minimum atomic E-state index is -0.196. The molecule has 1 aromatic heterocycles. The van der Waals surface area contributed by atoms with Gasteiger partial charge in [-0.25, -0.2) is 4.90 Å². The molecule has 5 heteroatoms. The molecule has 1 aromatic carbocycles. The Morgan fingerprint density at radius 3 is 2.54 bits per heavy atom. The molecule has 5 nitrogen and oxygen atoms in total. The zero-order chi connectivity index (χ0) is 16.4. The smallest absolute Gasteiger partial charge is 0.239 e. The number of carbonyl (C=O) groups excluding carboxylic acids is 2. The topological polar surface area (TPSA) is 63.4 Å². The lowest BCUT2D eigenvalue weighted by Gasteiger charge is -2.28. The highest BCUT2D eigenvalue weighted by atomic mass is 16.5. The lowest BCUT2D eigenvalue weighted by molar-refractivity contribution is -0.123. The largest absolute Gasteiger partial charge is 0.360 e. The molecule has 0 unspecified atom stereocenters. The van der Waals surface area contributed by atoms with E-state index in [0.717, 1.165) is 12.8 Å². The average molecular weight is 322 g/mol. The first kappa shape index (κ1) is 14.0. The van der Waals surface area contributed by atoms with Crippen LogP contribution in [-0.4, -0.2) is 17.0 Å². The van der Waals surface area contributed by atoms with Crippen molar-refractivity contribution in [3.63, 3.8) is 0 Å². The maximum atomic E-state index is 13.0. The molecule has 2 aromatic rings. The van der Waals surface area contributed by atoms with Gasteiger partial charge in [-0.2, -0.15) is 0 Å². The molecule has 2 amide bonds. The summed E-state index contributed by atoms with van der Waals surface area (Å²) in [6.45, 7) is 1.76. The highest BCUT2D eigenvalue weighted by Crippen LogP contribution is 2.61. The van der Waals surface area contributed by atoms with Gasteiger partial charge in [0.15, 0.2) is 5.82 Å². The van der Waals surface area contributed by atoms with Crippen molar-refractivity contribution in [2.75, 3.05) is 4.90 Å². The average Bonchev–Trinajstić information content (AvgIpc) is 3.32. The van der Waals surface area contributed by atoms with E-state index in [4.69, 9.17) is 4.52 Å². The van der Waals surface area contributed by atoms with E-state index in [1.165, 1.54) is 10.5 Å². The molecule has 0 N–H and O–H groups in total. The van der Waals surface area contributed by atoms with Gasteiger partial charge in [-0.3, -0.25) is 9.59 Å². The Morgan fingerprint density at radius 1 is 1.08 bits per heavy atom. The number of rotatable bonds is 2. The highest BCUT2D eigenvalue weighted by molar-refractivity contribution is 6.22. The molecule has 0 radical (unpaired) electrons. The van der Waals surface area contributed by atoms with E-state index in [9.17, 15) is 9.59 Å². The molecular weight excluding hydrogens is 304 g/mol. The molecule has 122 valence electrons. The van der Waals surface area contributed by atoms with Crippen molar-refractivity contribution < 1.29 is 14.1 Å². The van der Waals surface area contributed by atoms with Crippen LogP contribution in [0.25, 0.3) is 0 Å². The van der Waals surface area contributed by atoms with E-state index in [2.05, 4.69) is 17.3 Å². The maximum absolute atomic E-state index is 13.0. The Morgan fingerprint density at radius 2 is 1.83 bits per heavy atom. The van der Waals surface area contributed by atoms with E-state index < -0.39 is 0 Å². The number of nitrogens with zero attached hydrogens (tertiary/aromatic N) is 2. The molecule has 5 atom stereocenters. The van der Waals surface area contributed by atoms with E-state index in [1.54, 1.807) is 13.0 Å². The monoisotopic (exact) mass is 322 g/mol. The van der Waals surface area contributed by atoms with Crippen LogP contribution in [0.15, 0.2) is 40.9 Å². The fraction of sp³-hybridized carbons (Fsp3) is 0.421. The molecule has 2 bridgehead atoms. The van der Waals surface area contributed by atoms with Crippen molar-refractivity contribution in [2.24, 2.45) is 23.7 Å². The summed E-state index contributed by atoms with van der Waals surface area (Å²) in [6.07, 6.45) is 1.98. The summed E-state index contributed by atoms with van der Waals surface area (Å²) in [6, 6.07) is 12.0. The summed E-state index contributed by atoms with van der Waals surface area (Å²) in [5.41, 5.74) is 1.29. The molecule has 0 spiro atoms. The van der Waals surface area contributed by atoms with Crippen molar-refractivity contribution >= 4 is 17.6 Å². The minimum Gasteiger partial charge on any atom is -0.360 e. The molecule has 3 fully saturated rings. The quantitative estimate of drug-likeness (QED) is 0.798. The van der Waals surface area contributed by atoms with Crippen LogP contribution in [0, 0.1) is 30.6 Å². The van der Waals surface area contributed by atoms with E-state index >= 15 is 0 Å². The standard InChI is InChI=1S/C19H18N2O3/c1-10-7-15(20-24-10)21-18(22)16-12-8-13(11-5-3-2-4-6-11)14(9-12)17(16)19(21)23/h2-7,12-14,16-17H,8-9H2,1H3/t12-,13+,14+,16+,17+/m0/s1. The van der Waals surface area contributed by atoms with Crippen LogP contribution >= 0.6 is 0 Å². The van der Waals surface area contributed by atoms with Crippen LogP contribution in [0.4, 0.5) is 5.82 Å². The Bertz CT molecular complexity index is 828. The molecule has 1 aliphatic heterocycles. The fourth-order valence-electron chi connectivity index (χ4n) is 5.23. The van der Waals surface area contributed by atoms with Crippen LogP contribution in [0.1, 0.15) is 30.1 Å². The van der Waals surface area contributed by atoms with E-state index in [0.29, 0.717) is 23.4 Å². The predicted molar refractivity (Wildman–Crippen MR) is 86.1 cm³/mol.